The van der Waals surface area contributed by atoms with Crippen LogP contribution >= 0.6 is 27.7 Å². The molecule has 0 spiro atoms. The third-order valence-corrected chi connectivity index (χ3v) is 5.77. The third-order valence-electron chi connectivity index (χ3n) is 4.12. The molecule has 0 aromatic heterocycles. The van der Waals surface area contributed by atoms with Crippen molar-refractivity contribution in [1.82, 2.24) is 5.32 Å². The van der Waals surface area contributed by atoms with Crippen LogP contribution in [0.3, 0.4) is 0 Å². The molecular formula is C19H20BrFN2O2S. The van der Waals surface area contributed by atoms with Gasteiger partial charge in [-0.05, 0) is 30.3 Å². The van der Waals surface area contributed by atoms with Gasteiger partial charge in [0.2, 0.25) is 0 Å². The number of rotatable bonds is 6. The normalized spacial score (nSPS) is 16.8. The Morgan fingerprint density at radius 3 is 2.85 bits per heavy atom. The number of amidine groups is 1. The molecule has 3 rings (SSSR count). The van der Waals surface area contributed by atoms with E-state index in [1.807, 2.05) is 24.3 Å². The van der Waals surface area contributed by atoms with E-state index in [1.54, 1.807) is 20.3 Å². The van der Waals surface area contributed by atoms with Crippen LogP contribution in [-0.2, 0) is 10.5 Å². The molecule has 0 saturated heterocycles. The molecular weight excluding hydrogens is 419 g/mol. The van der Waals surface area contributed by atoms with Gasteiger partial charge in [-0.1, -0.05) is 22.0 Å². The quantitative estimate of drug-likeness (QED) is 0.684. The van der Waals surface area contributed by atoms with E-state index >= 15 is 0 Å². The van der Waals surface area contributed by atoms with E-state index in [4.69, 9.17) is 9.47 Å². The molecule has 0 saturated carbocycles. The number of nitrogens with one attached hydrogen (secondary N) is 1. The summed E-state index contributed by atoms with van der Waals surface area (Å²) < 4.78 is 26.2. The van der Waals surface area contributed by atoms with Gasteiger partial charge in [0.05, 0.1) is 24.7 Å². The Morgan fingerprint density at radius 2 is 2.15 bits per heavy atom. The molecule has 0 bridgehead atoms. The van der Waals surface area contributed by atoms with E-state index in [9.17, 15) is 4.39 Å². The summed E-state index contributed by atoms with van der Waals surface area (Å²) in [4.78, 5) is 5.11. The number of benzene rings is 2. The highest BCUT2D eigenvalue weighted by atomic mass is 79.9. The molecule has 1 atom stereocenters. The van der Waals surface area contributed by atoms with Gasteiger partial charge in [-0.25, -0.2) is 4.39 Å². The highest BCUT2D eigenvalue weighted by Crippen LogP contribution is 2.33. The molecule has 138 valence electrons. The van der Waals surface area contributed by atoms with Crippen LogP contribution in [0.5, 0.6) is 5.75 Å². The van der Waals surface area contributed by atoms with Crippen molar-refractivity contribution in [3.8, 4) is 5.75 Å². The Balaban J connectivity index is 1.85. The van der Waals surface area contributed by atoms with Gasteiger partial charge >= 0.3 is 0 Å². The minimum Gasteiger partial charge on any atom is -0.496 e. The van der Waals surface area contributed by atoms with Crippen molar-refractivity contribution in [2.24, 2.45) is 4.99 Å². The van der Waals surface area contributed by atoms with Gasteiger partial charge in [0.1, 0.15) is 17.4 Å². The van der Waals surface area contributed by atoms with Gasteiger partial charge < -0.3 is 14.8 Å². The van der Waals surface area contributed by atoms with Crippen LogP contribution in [0.25, 0.3) is 0 Å². The van der Waals surface area contributed by atoms with Crippen LogP contribution in [-0.4, -0.2) is 39.2 Å². The molecule has 7 heteroatoms. The van der Waals surface area contributed by atoms with E-state index < -0.39 is 0 Å². The Labute approximate surface area is 165 Å². The summed E-state index contributed by atoms with van der Waals surface area (Å²) in [5.41, 5.74) is 1.78. The number of methoxy groups -OCH3 is 2. The summed E-state index contributed by atoms with van der Waals surface area (Å²) >= 11 is 4.91. The van der Waals surface area contributed by atoms with E-state index in [1.165, 1.54) is 17.8 Å². The second-order valence-corrected chi connectivity index (χ2v) is 7.69. The molecule has 1 unspecified atom stereocenters. The van der Waals surface area contributed by atoms with E-state index in [0.717, 1.165) is 21.3 Å². The van der Waals surface area contributed by atoms with Crippen molar-refractivity contribution in [2.45, 2.75) is 16.8 Å². The first-order chi connectivity index (χ1) is 12.6. The fourth-order valence-electron chi connectivity index (χ4n) is 2.71. The number of nitrogens with zero attached hydrogens (tertiary/aromatic N) is 1. The maximum atomic E-state index is 14.5. The zero-order valence-corrected chi connectivity index (χ0v) is 17.0. The molecule has 1 N–H and O–H groups in total. The number of aliphatic imine (C=N–C) groups is 1. The minimum atomic E-state index is -0.250. The summed E-state index contributed by atoms with van der Waals surface area (Å²) in [6.07, 6.45) is 0.0503. The van der Waals surface area contributed by atoms with E-state index in [0.29, 0.717) is 29.6 Å². The number of hydrogen-bond acceptors (Lipinski definition) is 5. The molecule has 0 amide bonds. The van der Waals surface area contributed by atoms with Crippen LogP contribution in [0.4, 0.5) is 4.39 Å². The summed E-state index contributed by atoms with van der Waals surface area (Å²) in [5.74, 6) is 1.83. The van der Waals surface area contributed by atoms with Crippen molar-refractivity contribution >= 4 is 33.5 Å². The molecule has 2 aromatic rings. The Kier molecular flexibility index (Phi) is 6.56. The average Bonchev–Trinajstić information content (AvgIpc) is 2.67. The van der Waals surface area contributed by atoms with E-state index in [-0.39, 0.29) is 11.9 Å². The zero-order chi connectivity index (χ0) is 18.5. The minimum absolute atomic E-state index is 0.0503. The number of hydrogen-bond donors (Lipinski definition) is 1. The standard InChI is InChI=1S/C19H20BrFN2O2S/c1-24-14-9-22-19(23-10-14)15-4-3-5-16(21)18(15)26-11-12-8-13(20)6-7-17(12)25-2/h3-8,14H,9-11H2,1-2H3,(H,22,23). The first-order valence-electron chi connectivity index (χ1n) is 8.17. The summed E-state index contributed by atoms with van der Waals surface area (Å²) in [7, 11) is 3.31. The molecule has 0 fully saturated rings. The third kappa shape index (κ3) is 4.39. The highest BCUT2D eigenvalue weighted by Gasteiger charge is 2.20. The average molecular weight is 439 g/mol. The SMILES string of the molecule is COc1ccc(Br)cc1CSc1c(F)cccc1C1=NCC(OC)CN1. The number of ether oxygens (including phenoxy) is 2. The van der Waals surface area contributed by atoms with Gasteiger partial charge in [0.25, 0.3) is 0 Å². The summed E-state index contributed by atoms with van der Waals surface area (Å²) in [6.45, 7) is 1.23. The second kappa shape index (κ2) is 8.88. The predicted octanol–water partition coefficient (Wildman–Crippen LogP) is 4.25. The molecule has 2 aromatic carbocycles. The summed E-state index contributed by atoms with van der Waals surface area (Å²) in [5, 5.41) is 3.25. The topological polar surface area (TPSA) is 42.9 Å². The predicted molar refractivity (Wildman–Crippen MR) is 107 cm³/mol. The van der Waals surface area contributed by atoms with Gasteiger partial charge in [-0.15, -0.1) is 11.8 Å². The van der Waals surface area contributed by atoms with Crippen molar-refractivity contribution < 1.29 is 13.9 Å². The van der Waals surface area contributed by atoms with Crippen LogP contribution in [0, 0.1) is 5.82 Å². The van der Waals surface area contributed by atoms with Crippen molar-refractivity contribution in [3.63, 3.8) is 0 Å². The molecule has 0 aliphatic carbocycles. The lowest BCUT2D eigenvalue weighted by molar-refractivity contribution is 0.109. The Morgan fingerprint density at radius 1 is 1.31 bits per heavy atom. The maximum Gasteiger partial charge on any atom is 0.137 e. The van der Waals surface area contributed by atoms with Gasteiger partial charge in [0.15, 0.2) is 0 Å². The first-order valence-corrected chi connectivity index (χ1v) is 9.95. The Bertz CT molecular complexity index is 816. The molecule has 0 radical (unpaired) electrons. The fourth-order valence-corrected chi connectivity index (χ4v) is 4.17. The lowest BCUT2D eigenvalue weighted by Crippen LogP contribution is -2.40. The van der Waals surface area contributed by atoms with Crippen molar-refractivity contribution in [1.29, 1.82) is 0 Å². The zero-order valence-electron chi connectivity index (χ0n) is 14.6. The molecule has 1 heterocycles. The lowest BCUT2D eigenvalue weighted by Gasteiger charge is -2.23. The van der Waals surface area contributed by atoms with Crippen molar-refractivity contribution in [2.75, 3.05) is 27.3 Å². The van der Waals surface area contributed by atoms with Gasteiger partial charge in [0, 0.05) is 35.0 Å². The summed E-state index contributed by atoms with van der Waals surface area (Å²) in [6, 6.07) is 10.9. The van der Waals surface area contributed by atoms with Crippen LogP contribution in [0.2, 0.25) is 0 Å². The van der Waals surface area contributed by atoms with Gasteiger partial charge in [-0.3, -0.25) is 4.99 Å². The number of thioether (sulfide) groups is 1. The maximum absolute atomic E-state index is 14.5. The molecule has 1 aliphatic heterocycles. The molecule has 26 heavy (non-hydrogen) atoms. The Hall–Kier alpha value is -1.57. The smallest absolute Gasteiger partial charge is 0.137 e. The molecule has 4 nitrogen and oxygen atoms in total. The number of halogens is 2. The second-order valence-electron chi connectivity index (χ2n) is 5.79. The lowest BCUT2D eigenvalue weighted by atomic mass is 10.1. The van der Waals surface area contributed by atoms with Crippen LogP contribution in [0.15, 0.2) is 50.8 Å². The fraction of sp³-hybridized carbons (Fsp3) is 0.316. The first kappa shape index (κ1) is 19.2. The molecule has 1 aliphatic rings. The monoisotopic (exact) mass is 438 g/mol. The van der Waals surface area contributed by atoms with Crippen molar-refractivity contribution in [3.05, 3.63) is 57.8 Å². The largest absolute Gasteiger partial charge is 0.496 e. The van der Waals surface area contributed by atoms with Gasteiger partial charge in [-0.2, -0.15) is 0 Å². The van der Waals surface area contributed by atoms with E-state index in [2.05, 4.69) is 26.2 Å². The van der Waals surface area contributed by atoms with Crippen LogP contribution < -0.4 is 10.1 Å². The van der Waals surface area contributed by atoms with Crippen LogP contribution in [0.1, 0.15) is 11.1 Å². The highest BCUT2D eigenvalue weighted by molar-refractivity contribution is 9.10.